The van der Waals surface area contributed by atoms with Crippen LogP contribution in [0.5, 0.6) is 0 Å². The van der Waals surface area contributed by atoms with Gasteiger partial charge in [-0.15, -0.1) is 0 Å². The fraction of sp³-hybridized carbons (Fsp3) is 0.304. The molecule has 1 aliphatic rings. The van der Waals surface area contributed by atoms with E-state index in [9.17, 15) is 22.8 Å². The summed E-state index contributed by atoms with van der Waals surface area (Å²) in [6.07, 6.45) is -2.84. The average molecular weight is 464 g/mol. The lowest BCUT2D eigenvalue weighted by Gasteiger charge is -2.36. The first kappa shape index (κ1) is 22.2. The summed E-state index contributed by atoms with van der Waals surface area (Å²) in [4.78, 5) is 29.5. The van der Waals surface area contributed by atoms with Gasteiger partial charge < -0.3 is 14.4 Å². The highest BCUT2D eigenvalue weighted by atomic mass is 35.5. The lowest BCUT2D eigenvalue weighted by atomic mass is 10.1. The van der Waals surface area contributed by atoms with Gasteiger partial charge in [-0.05, 0) is 43.3 Å². The van der Waals surface area contributed by atoms with Gasteiger partial charge >= 0.3 is 6.18 Å². The molecule has 5 nitrogen and oxygen atoms in total. The Labute approximate surface area is 187 Å². The molecular weight excluding hydrogens is 443 g/mol. The normalized spacial score (nSPS) is 14.8. The number of pyridine rings is 1. The minimum absolute atomic E-state index is 0.0640. The maximum atomic E-state index is 13.2. The van der Waals surface area contributed by atoms with Crippen LogP contribution in [0, 0.1) is 0 Å². The molecule has 1 aliphatic heterocycles. The first-order valence-electron chi connectivity index (χ1n) is 10.2. The van der Waals surface area contributed by atoms with Crippen LogP contribution in [-0.4, -0.2) is 41.6 Å². The Morgan fingerprint density at radius 1 is 1.06 bits per heavy atom. The number of carbonyl (C=O) groups excluding carboxylic acids is 1. The summed E-state index contributed by atoms with van der Waals surface area (Å²) in [6, 6.07) is 10.2. The quantitative estimate of drug-likeness (QED) is 0.567. The Balaban J connectivity index is 1.56. The van der Waals surface area contributed by atoms with E-state index in [0.717, 1.165) is 12.1 Å². The standard InChI is InChI=1S/C23H21ClF3N3O2/c1-2-28-14-19(21(31)18-13-16(24)6-7-20(18)28)22(32)30-10-8-29(9-11-30)17-5-3-4-15(12-17)23(25,26)27/h3-7,12-14H,2,8-11H2,1H3. The molecular formula is C23H21ClF3N3O2. The lowest BCUT2D eigenvalue weighted by Crippen LogP contribution is -2.49. The number of nitrogens with zero attached hydrogens (tertiary/aromatic N) is 3. The summed E-state index contributed by atoms with van der Waals surface area (Å²) < 4.78 is 40.9. The van der Waals surface area contributed by atoms with Gasteiger partial charge in [-0.2, -0.15) is 13.2 Å². The van der Waals surface area contributed by atoms with E-state index in [0.29, 0.717) is 54.3 Å². The van der Waals surface area contributed by atoms with Crippen LogP contribution in [0.1, 0.15) is 22.8 Å². The summed E-state index contributed by atoms with van der Waals surface area (Å²) in [5.41, 5.74) is 0.142. The second-order valence-corrected chi connectivity index (χ2v) is 8.08. The maximum absolute atomic E-state index is 13.2. The molecule has 9 heteroatoms. The number of amides is 1. The Bertz CT molecular complexity index is 1230. The van der Waals surface area contributed by atoms with Gasteiger partial charge in [-0.25, -0.2) is 0 Å². The minimum atomic E-state index is -4.41. The number of benzene rings is 2. The highest BCUT2D eigenvalue weighted by Crippen LogP contribution is 2.32. The molecule has 4 rings (SSSR count). The predicted molar refractivity (Wildman–Crippen MR) is 118 cm³/mol. The first-order chi connectivity index (χ1) is 15.2. The van der Waals surface area contributed by atoms with Gasteiger partial charge in [0.2, 0.25) is 5.43 Å². The zero-order valence-electron chi connectivity index (χ0n) is 17.3. The summed E-state index contributed by atoms with van der Waals surface area (Å²) in [5, 5.41) is 0.796. The zero-order chi connectivity index (χ0) is 23.0. The maximum Gasteiger partial charge on any atom is 0.416 e. The van der Waals surface area contributed by atoms with Crippen LogP contribution < -0.4 is 10.3 Å². The molecule has 0 spiro atoms. The van der Waals surface area contributed by atoms with Crippen molar-refractivity contribution in [2.45, 2.75) is 19.6 Å². The Hall–Kier alpha value is -3.00. The molecule has 0 unspecified atom stereocenters. The van der Waals surface area contributed by atoms with E-state index >= 15 is 0 Å². The van der Waals surface area contributed by atoms with Gasteiger partial charge in [0, 0.05) is 55.0 Å². The number of halogens is 4. The second-order valence-electron chi connectivity index (χ2n) is 7.65. The SMILES string of the molecule is CCn1cc(C(=O)N2CCN(c3cccc(C(F)(F)F)c3)CC2)c(=O)c2cc(Cl)ccc21. The third kappa shape index (κ3) is 4.19. The minimum Gasteiger partial charge on any atom is -0.368 e. The van der Waals surface area contributed by atoms with Gasteiger partial charge in [0.1, 0.15) is 5.56 Å². The summed E-state index contributed by atoms with van der Waals surface area (Å²) >= 11 is 6.06. The molecule has 0 aliphatic carbocycles. The molecule has 32 heavy (non-hydrogen) atoms. The molecule has 0 atom stereocenters. The highest BCUT2D eigenvalue weighted by Gasteiger charge is 2.31. The molecule has 0 radical (unpaired) electrons. The number of aromatic nitrogens is 1. The van der Waals surface area contributed by atoms with Crippen molar-refractivity contribution in [1.82, 2.24) is 9.47 Å². The van der Waals surface area contributed by atoms with Gasteiger partial charge in [-0.1, -0.05) is 17.7 Å². The molecule has 1 amide bonds. The Kier molecular flexibility index (Phi) is 5.90. The van der Waals surface area contributed by atoms with Crippen molar-refractivity contribution in [1.29, 1.82) is 0 Å². The number of aryl methyl sites for hydroxylation is 1. The number of rotatable bonds is 3. The fourth-order valence-corrected chi connectivity index (χ4v) is 4.17. The molecule has 1 fully saturated rings. The van der Waals surface area contributed by atoms with Crippen molar-refractivity contribution in [2.75, 3.05) is 31.1 Å². The van der Waals surface area contributed by atoms with E-state index < -0.39 is 11.7 Å². The molecule has 0 saturated carbocycles. The monoisotopic (exact) mass is 463 g/mol. The van der Waals surface area contributed by atoms with Crippen LogP contribution in [-0.2, 0) is 12.7 Å². The van der Waals surface area contributed by atoms with Crippen molar-refractivity contribution in [3.8, 4) is 0 Å². The molecule has 1 aromatic heterocycles. The highest BCUT2D eigenvalue weighted by molar-refractivity contribution is 6.31. The van der Waals surface area contributed by atoms with Gasteiger partial charge in [-0.3, -0.25) is 9.59 Å². The van der Waals surface area contributed by atoms with E-state index in [1.54, 1.807) is 35.4 Å². The smallest absolute Gasteiger partial charge is 0.368 e. The number of anilines is 1. The number of alkyl halides is 3. The molecule has 3 aromatic rings. The summed E-state index contributed by atoms with van der Waals surface area (Å²) in [7, 11) is 0. The third-order valence-electron chi connectivity index (χ3n) is 5.72. The summed E-state index contributed by atoms with van der Waals surface area (Å²) in [5.74, 6) is -0.386. The molecule has 2 aromatic carbocycles. The van der Waals surface area contributed by atoms with Gasteiger partial charge in [0.05, 0.1) is 11.1 Å². The molecule has 1 saturated heterocycles. The van der Waals surface area contributed by atoms with Crippen molar-refractivity contribution in [2.24, 2.45) is 0 Å². The van der Waals surface area contributed by atoms with E-state index in [2.05, 4.69) is 0 Å². The van der Waals surface area contributed by atoms with E-state index in [1.807, 2.05) is 16.4 Å². The lowest BCUT2D eigenvalue weighted by molar-refractivity contribution is -0.137. The van der Waals surface area contributed by atoms with E-state index in [1.165, 1.54) is 6.07 Å². The fourth-order valence-electron chi connectivity index (χ4n) is 4.00. The second kappa shape index (κ2) is 8.50. The van der Waals surface area contributed by atoms with Crippen molar-refractivity contribution in [3.05, 3.63) is 75.0 Å². The number of hydrogen-bond acceptors (Lipinski definition) is 3. The molecule has 2 heterocycles. The van der Waals surface area contributed by atoms with Crippen LogP contribution in [0.25, 0.3) is 10.9 Å². The third-order valence-corrected chi connectivity index (χ3v) is 5.95. The average Bonchev–Trinajstić information content (AvgIpc) is 2.79. The summed E-state index contributed by atoms with van der Waals surface area (Å²) in [6.45, 7) is 3.83. The largest absolute Gasteiger partial charge is 0.416 e. The number of fused-ring (bicyclic) bond motifs is 1. The topological polar surface area (TPSA) is 45.6 Å². The first-order valence-corrected chi connectivity index (χ1v) is 10.6. The van der Waals surface area contributed by atoms with E-state index in [4.69, 9.17) is 11.6 Å². The molecule has 0 bridgehead atoms. The number of piperazine rings is 1. The number of carbonyl (C=O) groups is 1. The van der Waals surface area contributed by atoms with Gasteiger partial charge in [0.25, 0.3) is 5.91 Å². The van der Waals surface area contributed by atoms with Crippen molar-refractivity contribution >= 4 is 34.1 Å². The zero-order valence-corrected chi connectivity index (χ0v) is 18.1. The Morgan fingerprint density at radius 2 is 1.78 bits per heavy atom. The van der Waals surface area contributed by atoms with Gasteiger partial charge in [0.15, 0.2) is 0 Å². The van der Waals surface area contributed by atoms with E-state index in [-0.39, 0.29) is 16.9 Å². The predicted octanol–water partition coefficient (Wildman–Crippen LogP) is 4.66. The van der Waals surface area contributed by atoms with Crippen LogP contribution in [0.15, 0.2) is 53.5 Å². The van der Waals surface area contributed by atoms with Crippen molar-refractivity contribution in [3.63, 3.8) is 0 Å². The van der Waals surface area contributed by atoms with Crippen LogP contribution in [0.4, 0.5) is 18.9 Å². The van der Waals surface area contributed by atoms with Crippen LogP contribution in [0.2, 0.25) is 5.02 Å². The Morgan fingerprint density at radius 3 is 2.44 bits per heavy atom. The molecule has 168 valence electrons. The van der Waals surface area contributed by atoms with Crippen LogP contribution in [0.3, 0.4) is 0 Å². The molecule has 0 N–H and O–H groups in total. The number of hydrogen-bond donors (Lipinski definition) is 0. The van der Waals surface area contributed by atoms with Crippen LogP contribution >= 0.6 is 11.6 Å². The van der Waals surface area contributed by atoms with Crippen molar-refractivity contribution < 1.29 is 18.0 Å².